The van der Waals surface area contributed by atoms with Crippen molar-refractivity contribution in [2.24, 2.45) is 5.92 Å². The third-order valence-corrected chi connectivity index (χ3v) is 8.40. The van der Waals surface area contributed by atoms with Crippen molar-refractivity contribution in [1.82, 2.24) is 0 Å². The lowest BCUT2D eigenvalue weighted by molar-refractivity contribution is -0.962. The van der Waals surface area contributed by atoms with Gasteiger partial charge in [0.1, 0.15) is 12.0 Å². The molecule has 0 spiro atoms. The molecule has 2 nitrogen and oxygen atoms in total. The van der Waals surface area contributed by atoms with Gasteiger partial charge in [-0.1, -0.05) is 91.0 Å². The molecule has 2 fully saturated rings. The molecule has 3 aromatic rings. The predicted molar refractivity (Wildman–Crippen MR) is 130 cm³/mol. The molecule has 2 unspecified atom stereocenters. The minimum absolute atomic E-state index is 0. The highest BCUT2D eigenvalue weighted by atomic mass is 79.9. The lowest BCUT2D eigenvalue weighted by atomic mass is 9.67. The second kappa shape index (κ2) is 9.84. The zero-order valence-electron chi connectivity index (χ0n) is 19.4. The summed E-state index contributed by atoms with van der Waals surface area (Å²) in [5.74, 6) is 0.578. The van der Waals surface area contributed by atoms with Crippen LogP contribution in [0.1, 0.15) is 48.8 Å². The van der Waals surface area contributed by atoms with E-state index >= 15 is 0 Å². The van der Waals surface area contributed by atoms with Gasteiger partial charge in [-0.15, -0.1) is 0 Å². The number of hydrogen-bond acceptors (Lipinski definition) is 1. The van der Waals surface area contributed by atoms with E-state index in [1.165, 1.54) is 35.7 Å². The Balaban J connectivity index is 0.00000259. The van der Waals surface area contributed by atoms with Crippen LogP contribution in [0.5, 0.6) is 0 Å². The number of hydrogen-bond donors (Lipinski definition) is 0. The molecular formula is C30H33BrN2. The van der Waals surface area contributed by atoms with Crippen molar-refractivity contribution >= 4 is 0 Å². The van der Waals surface area contributed by atoms with Crippen LogP contribution in [-0.4, -0.2) is 23.6 Å². The van der Waals surface area contributed by atoms with Crippen LogP contribution in [0, 0.1) is 17.2 Å². The number of benzene rings is 3. The van der Waals surface area contributed by atoms with E-state index in [1.54, 1.807) is 0 Å². The zero-order chi connectivity index (χ0) is 22.0. The van der Waals surface area contributed by atoms with Gasteiger partial charge in [-0.2, -0.15) is 5.26 Å². The van der Waals surface area contributed by atoms with Gasteiger partial charge in [0.05, 0.1) is 25.2 Å². The fourth-order valence-corrected chi connectivity index (χ4v) is 6.71. The lowest BCUT2D eigenvalue weighted by Crippen LogP contribution is -3.00. The highest BCUT2D eigenvalue weighted by molar-refractivity contribution is 5.46. The minimum Gasteiger partial charge on any atom is -1.00 e. The first-order valence-electron chi connectivity index (χ1n) is 12.1. The summed E-state index contributed by atoms with van der Waals surface area (Å²) >= 11 is 0. The van der Waals surface area contributed by atoms with E-state index in [4.69, 9.17) is 0 Å². The Kier molecular flexibility index (Phi) is 7.07. The molecule has 0 saturated carbocycles. The van der Waals surface area contributed by atoms with Crippen molar-refractivity contribution in [1.29, 1.82) is 5.26 Å². The molecule has 0 aromatic heterocycles. The molecular weight excluding hydrogens is 468 g/mol. The monoisotopic (exact) mass is 500 g/mol. The summed E-state index contributed by atoms with van der Waals surface area (Å²) in [7, 11) is 2.48. The van der Waals surface area contributed by atoms with Gasteiger partial charge in [0, 0.05) is 31.2 Å². The van der Waals surface area contributed by atoms with E-state index in [9.17, 15) is 5.26 Å². The smallest absolute Gasteiger partial charge is 0.107 e. The van der Waals surface area contributed by atoms with Crippen LogP contribution < -0.4 is 17.0 Å². The van der Waals surface area contributed by atoms with Gasteiger partial charge in [0.2, 0.25) is 0 Å². The van der Waals surface area contributed by atoms with Gasteiger partial charge in [0.15, 0.2) is 0 Å². The molecule has 2 bridgehead atoms. The summed E-state index contributed by atoms with van der Waals surface area (Å²) in [6, 6.07) is 36.1. The summed E-state index contributed by atoms with van der Waals surface area (Å²) in [5, 5.41) is 10.6. The highest BCUT2D eigenvalue weighted by Gasteiger charge is 2.52. The minimum atomic E-state index is -0.577. The highest BCUT2D eigenvalue weighted by Crippen LogP contribution is 2.49. The summed E-state index contributed by atoms with van der Waals surface area (Å²) in [6.07, 6.45) is 6.00. The van der Waals surface area contributed by atoms with Crippen LogP contribution in [0.25, 0.3) is 0 Å². The molecule has 5 rings (SSSR count). The maximum atomic E-state index is 10.6. The van der Waals surface area contributed by atoms with E-state index in [1.807, 2.05) is 12.1 Å². The van der Waals surface area contributed by atoms with Gasteiger partial charge in [-0.25, -0.2) is 0 Å². The number of halogens is 1. The van der Waals surface area contributed by atoms with Gasteiger partial charge < -0.3 is 21.5 Å². The molecule has 33 heavy (non-hydrogen) atoms. The van der Waals surface area contributed by atoms with E-state index in [-0.39, 0.29) is 17.0 Å². The Labute approximate surface area is 209 Å². The SMILES string of the molecule is C[N+]1(Cc2ccccc2)C2CCC1CC(CC(C#N)(c1ccccc1)c1ccccc1)C2.[Br-]. The van der Waals surface area contributed by atoms with E-state index in [0.29, 0.717) is 18.0 Å². The average molecular weight is 502 g/mol. The number of piperidine rings is 1. The topological polar surface area (TPSA) is 23.8 Å². The first-order valence-corrected chi connectivity index (χ1v) is 12.1. The Hall–Kier alpha value is -2.41. The summed E-state index contributed by atoms with van der Waals surface area (Å²) < 4.78 is 1.18. The lowest BCUT2D eigenvalue weighted by Gasteiger charge is -2.48. The first kappa shape index (κ1) is 23.7. The first-order chi connectivity index (χ1) is 15.6. The Bertz CT molecular complexity index is 1020. The van der Waals surface area contributed by atoms with Crippen LogP contribution >= 0.6 is 0 Å². The molecule has 0 amide bonds. The summed E-state index contributed by atoms with van der Waals surface area (Å²) in [4.78, 5) is 0. The molecule has 3 aromatic carbocycles. The molecule has 3 heteroatoms. The van der Waals surface area contributed by atoms with Gasteiger partial charge in [-0.3, -0.25) is 0 Å². The predicted octanol–water partition coefficient (Wildman–Crippen LogP) is 3.48. The van der Waals surface area contributed by atoms with E-state index < -0.39 is 5.41 Å². The Morgan fingerprint density at radius 2 is 1.24 bits per heavy atom. The molecule has 2 saturated heterocycles. The Morgan fingerprint density at radius 3 is 1.70 bits per heavy atom. The molecule has 2 aliphatic heterocycles. The molecule has 170 valence electrons. The van der Waals surface area contributed by atoms with Crippen molar-refractivity contribution in [2.75, 3.05) is 7.05 Å². The second-order valence-corrected chi connectivity index (χ2v) is 10.2. The van der Waals surface area contributed by atoms with Crippen molar-refractivity contribution in [3.05, 3.63) is 108 Å². The molecule has 2 aliphatic rings. The molecule has 0 radical (unpaired) electrons. The quantitative estimate of drug-likeness (QED) is 0.475. The fraction of sp³-hybridized carbons (Fsp3) is 0.367. The number of nitrogens with zero attached hydrogens (tertiary/aromatic N) is 2. The van der Waals surface area contributed by atoms with Gasteiger partial charge in [-0.05, 0) is 23.5 Å². The van der Waals surface area contributed by atoms with Crippen LogP contribution in [0.2, 0.25) is 0 Å². The van der Waals surface area contributed by atoms with Crippen molar-refractivity contribution in [2.45, 2.75) is 56.1 Å². The molecule has 0 aliphatic carbocycles. The second-order valence-electron chi connectivity index (χ2n) is 10.2. The summed E-state index contributed by atoms with van der Waals surface area (Å²) in [6.45, 7) is 1.13. The van der Waals surface area contributed by atoms with Gasteiger partial charge >= 0.3 is 0 Å². The van der Waals surface area contributed by atoms with E-state index in [2.05, 4.69) is 92.0 Å². The van der Waals surface area contributed by atoms with E-state index in [0.717, 1.165) is 24.1 Å². The zero-order valence-corrected chi connectivity index (χ0v) is 21.0. The normalized spacial score (nSPS) is 26.2. The summed E-state index contributed by atoms with van der Waals surface area (Å²) in [5.41, 5.74) is 3.14. The van der Waals surface area contributed by atoms with Crippen molar-refractivity contribution < 1.29 is 21.5 Å². The Morgan fingerprint density at radius 1 is 0.788 bits per heavy atom. The van der Waals surface area contributed by atoms with Crippen molar-refractivity contribution in [3.63, 3.8) is 0 Å². The van der Waals surface area contributed by atoms with Gasteiger partial charge in [0.25, 0.3) is 0 Å². The standard InChI is InChI=1S/C30H33N2.BrH/c1-32(22-24-11-5-2-6-12-24)28-17-18-29(32)20-25(19-28)21-30(23-31,26-13-7-3-8-14-26)27-15-9-4-10-16-27;/h2-16,25,28-29H,17-22H2,1H3;1H/q+1;/p-1. The number of rotatable bonds is 6. The fourth-order valence-electron chi connectivity index (χ4n) is 6.71. The molecule has 0 N–H and O–H groups in total. The maximum Gasteiger partial charge on any atom is 0.107 e. The average Bonchev–Trinajstić information content (AvgIpc) is 3.00. The van der Waals surface area contributed by atoms with Crippen LogP contribution in [0.3, 0.4) is 0 Å². The number of fused-ring (bicyclic) bond motifs is 2. The number of nitriles is 1. The third kappa shape index (κ3) is 4.39. The number of quaternary nitrogens is 1. The van der Waals surface area contributed by atoms with Crippen LogP contribution in [-0.2, 0) is 12.0 Å². The molecule has 2 atom stereocenters. The molecule has 2 heterocycles. The largest absolute Gasteiger partial charge is 1.00 e. The van der Waals surface area contributed by atoms with Crippen molar-refractivity contribution in [3.8, 4) is 6.07 Å². The van der Waals surface area contributed by atoms with Crippen LogP contribution in [0.15, 0.2) is 91.0 Å². The van der Waals surface area contributed by atoms with Crippen LogP contribution in [0.4, 0.5) is 0 Å². The third-order valence-electron chi connectivity index (χ3n) is 8.40. The maximum absolute atomic E-state index is 10.6.